The smallest absolute Gasteiger partial charge is 0.272 e. The van der Waals surface area contributed by atoms with Gasteiger partial charge in [0, 0.05) is 15.1 Å². The second-order valence-electron chi connectivity index (χ2n) is 5.44. The average molecular weight is 452 g/mol. The lowest BCUT2D eigenvalue weighted by molar-refractivity contribution is 0.0950. The summed E-state index contributed by atoms with van der Waals surface area (Å²) in [6.07, 6.45) is 0. The number of carbonyl (C=O) groups excluding carboxylic acids is 1. The fourth-order valence-corrected chi connectivity index (χ4v) is 2.99. The molecule has 26 heavy (non-hydrogen) atoms. The van der Waals surface area contributed by atoms with Crippen molar-refractivity contribution < 1.29 is 4.79 Å². The van der Waals surface area contributed by atoms with Gasteiger partial charge in [-0.25, -0.2) is 5.43 Å². The molecule has 0 saturated carbocycles. The van der Waals surface area contributed by atoms with Gasteiger partial charge < -0.3 is 0 Å². The zero-order chi connectivity index (χ0) is 18.7. The Labute approximate surface area is 168 Å². The molecule has 2 aromatic carbocycles. The van der Waals surface area contributed by atoms with E-state index in [0.717, 1.165) is 10.0 Å². The lowest BCUT2D eigenvalue weighted by atomic mass is 10.1. The molecule has 0 radical (unpaired) electrons. The van der Waals surface area contributed by atoms with Gasteiger partial charge in [-0.3, -0.25) is 9.89 Å². The van der Waals surface area contributed by atoms with Gasteiger partial charge in [0.05, 0.1) is 16.4 Å². The van der Waals surface area contributed by atoms with Crippen molar-refractivity contribution in [1.29, 1.82) is 0 Å². The minimum atomic E-state index is -0.398. The van der Waals surface area contributed by atoms with Crippen LogP contribution in [0.1, 0.15) is 23.0 Å². The highest BCUT2D eigenvalue weighted by Gasteiger charge is 2.13. The van der Waals surface area contributed by atoms with Crippen molar-refractivity contribution in [2.24, 2.45) is 5.10 Å². The zero-order valence-electron chi connectivity index (χ0n) is 13.6. The maximum Gasteiger partial charge on any atom is 0.289 e. The van der Waals surface area contributed by atoms with E-state index in [1.807, 2.05) is 31.2 Å². The molecule has 132 valence electrons. The molecule has 0 spiro atoms. The molecule has 1 heterocycles. The van der Waals surface area contributed by atoms with Crippen molar-refractivity contribution in [3.63, 3.8) is 0 Å². The van der Waals surface area contributed by atoms with Gasteiger partial charge in [0.1, 0.15) is 5.69 Å². The molecule has 0 fully saturated rings. The van der Waals surface area contributed by atoms with Gasteiger partial charge >= 0.3 is 0 Å². The van der Waals surface area contributed by atoms with Gasteiger partial charge in [-0.05, 0) is 48.9 Å². The largest absolute Gasteiger partial charge is 0.289 e. The second-order valence-corrected chi connectivity index (χ2v) is 7.20. The SMILES string of the molecule is C/C(=N\NC(=O)c1cc(-c2ccc(Cl)cc2Cl)n[nH]1)c1ccc(Br)cc1. The molecule has 1 amide bonds. The molecule has 0 bridgehead atoms. The Balaban J connectivity index is 1.74. The standard InChI is InChI=1S/C18H13BrCl2N4O/c1-10(11-2-4-12(19)5-3-11)22-25-18(26)17-9-16(23-24-17)14-7-6-13(20)8-15(14)21/h2-9H,1H3,(H,23,24)(H,25,26)/b22-10+. The first-order chi connectivity index (χ1) is 12.4. The Morgan fingerprint density at radius 2 is 1.88 bits per heavy atom. The predicted molar refractivity (Wildman–Crippen MR) is 108 cm³/mol. The Kier molecular flexibility index (Phi) is 5.76. The number of carbonyl (C=O) groups is 1. The number of hydrazone groups is 1. The molecule has 1 aromatic heterocycles. The normalized spacial score (nSPS) is 11.5. The van der Waals surface area contributed by atoms with E-state index < -0.39 is 5.91 Å². The molecule has 0 aliphatic heterocycles. The molecular weight excluding hydrogens is 439 g/mol. The summed E-state index contributed by atoms with van der Waals surface area (Å²) in [7, 11) is 0. The van der Waals surface area contributed by atoms with Crippen LogP contribution in [0.25, 0.3) is 11.3 Å². The van der Waals surface area contributed by atoms with E-state index in [0.29, 0.717) is 27.0 Å². The molecule has 3 rings (SSSR count). The maximum absolute atomic E-state index is 12.3. The summed E-state index contributed by atoms with van der Waals surface area (Å²) in [5, 5.41) is 11.9. The molecule has 3 aromatic rings. The summed E-state index contributed by atoms with van der Waals surface area (Å²) in [6, 6.07) is 14.3. The van der Waals surface area contributed by atoms with Gasteiger partial charge in [0.15, 0.2) is 0 Å². The molecule has 0 aliphatic rings. The average Bonchev–Trinajstić information content (AvgIpc) is 3.10. The number of benzene rings is 2. The maximum atomic E-state index is 12.3. The third kappa shape index (κ3) is 4.33. The van der Waals surface area contributed by atoms with Gasteiger partial charge in [0.25, 0.3) is 5.91 Å². The Morgan fingerprint density at radius 1 is 1.15 bits per heavy atom. The summed E-state index contributed by atoms with van der Waals surface area (Å²) >= 11 is 15.4. The van der Waals surface area contributed by atoms with E-state index in [-0.39, 0.29) is 5.69 Å². The Hall–Kier alpha value is -2.15. The first-order valence-electron chi connectivity index (χ1n) is 7.55. The fourth-order valence-electron chi connectivity index (χ4n) is 2.22. The topological polar surface area (TPSA) is 70.1 Å². The zero-order valence-corrected chi connectivity index (χ0v) is 16.7. The molecule has 0 unspecified atom stereocenters. The van der Waals surface area contributed by atoms with E-state index in [1.54, 1.807) is 24.3 Å². The first kappa shape index (κ1) is 18.6. The first-order valence-corrected chi connectivity index (χ1v) is 9.10. The summed E-state index contributed by atoms with van der Waals surface area (Å²) < 4.78 is 0.976. The number of aromatic nitrogens is 2. The van der Waals surface area contributed by atoms with Crippen LogP contribution in [-0.4, -0.2) is 21.8 Å². The third-order valence-corrected chi connectivity index (χ3v) is 4.69. The lowest BCUT2D eigenvalue weighted by Gasteiger charge is -2.02. The second kappa shape index (κ2) is 8.03. The van der Waals surface area contributed by atoms with Crippen molar-refractivity contribution in [2.45, 2.75) is 6.92 Å². The number of H-pyrrole nitrogens is 1. The number of nitrogens with zero attached hydrogens (tertiary/aromatic N) is 2. The van der Waals surface area contributed by atoms with E-state index in [4.69, 9.17) is 23.2 Å². The minimum absolute atomic E-state index is 0.276. The quantitative estimate of drug-likeness (QED) is 0.417. The predicted octanol–water partition coefficient (Wildman–Crippen LogP) is 5.30. The van der Waals surface area contributed by atoms with E-state index >= 15 is 0 Å². The molecule has 0 saturated heterocycles. The van der Waals surface area contributed by atoms with Gasteiger partial charge in [-0.1, -0.05) is 51.3 Å². The number of halogens is 3. The molecular formula is C18H13BrCl2N4O. The number of aromatic amines is 1. The van der Waals surface area contributed by atoms with Crippen LogP contribution in [0.4, 0.5) is 0 Å². The van der Waals surface area contributed by atoms with Crippen molar-refractivity contribution in [3.05, 3.63) is 74.3 Å². The molecule has 8 heteroatoms. The fraction of sp³-hybridized carbons (Fsp3) is 0.0556. The molecule has 5 nitrogen and oxygen atoms in total. The van der Waals surface area contributed by atoms with Crippen LogP contribution >= 0.6 is 39.1 Å². The van der Waals surface area contributed by atoms with Crippen LogP contribution in [-0.2, 0) is 0 Å². The highest BCUT2D eigenvalue weighted by molar-refractivity contribution is 9.10. The molecule has 0 atom stereocenters. The van der Waals surface area contributed by atoms with Gasteiger partial charge in [0.2, 0.25) is 0 Å². The number of hydrogen-bond acceptors (Lipinski definition) is 3. The summed E-state index contributed by atoms with van der Waals surface area (Å²) in [5.74, 6) is -0.398. The van der Waals surface area contributed by atoms with Gasteiger partial charge in [-0.15, -0.1) is 0 Å². The number of nitrogens with one attached hydrogen (secondary N) is 2. The van der Waals surface area contributed by atoms with Crippen molar-refractivity contribution in [2.75, 3.05) is 0 Å². The van der Waals surface area contributed by atoms with Crippen LogP contribution < -0.4 is 5.43 Å². The van der Waals surface area contributed by atoms with Crippen LogP contribution in [0.15, 0.2) is 58.1 Å². The van der Waals surface area contributed by atoms with Crippen LogP contribution in [0.5, 0.6) is 0 Å². The van der Waals surface area contributed by atoms with Crippen LogP contribution in [0, 0.1) is 0 Å². The van der Waals surface area contributed by atoms with Crippen molar-refractivity contribution >= 4 is 50.8 Å². The minimum Gasteiger partial charge on any atom is -0.272 e. The van der Waals surface area contributed by atoms with Crippen molar-refractivity contribution in [3.8, 4) is 11.3 Å². The van der Waals surface area contributed by atoms with Crippen LogP contribution in [0.2, 0.25) is 10.0 Å². The number of rotatable bonds is 4. The van der Waals surface area contributed by atoms with E-state index in [1.165, 1.54) is 0 Å². The molecule has 2 N–H and O–H groups in total. The monoisotopic (exact) mass is 450 g/mol. The summed E-state index contributed by atoms with van der Waals surface area (Å²) in [4.78, 5) is 12.3. The number of amides is 1. The Morgan fingerprint density at radius 3 is 2.58 bits per heavy atom. The lowest BCUT2D eigenvalue weighted by Crippen LogP contribution is -2.19. The number of hydrogen-bond donors (Lipinski definition) is 2. The van der Waals surface area contributed by atoms with E-state index in [2.05, 4.69) is 36.7 Å². The molecule has 0 aliphatic carbocycles. The summed E-state index contributed by atoms with van der Waals surface area (Å²) in [5.41, 5.74) is 5.61. The van der Waals surface area contributed by atoms with Gasteiger partial charge in [-0.2, -0.15) is 10.2 Å². The third-order valence-electron chi connectivity index (χ3n) is 3.62. The van der Waals surface area contributed by atoms with Crippen LogP contribution in [0.3, 0.4) is 0 Å². The highest BCUT2D eigenvalue weighted by Crippen LogP contribution is 2.29. The van der Waals surface area contributed by atoms with Crippen molar-refractivity contribution in [1.82, 2.24) is 15.6 Å². The van der Waals surface area contributed by atoms with E-state index in [9.17, 15) is 4.79 Å². The highest BCUT2D eigenvalue weighted by atomic mass is 79.9. The Bertz CT molecular complexity index is 983. The summed E-state index contributed by atoms with van der Waals surface area (Å²) in [6.45, 7) is 1.81.